The lowest BCUT2D eigenvalue weighted by Gasteiger charge is -2.29. The molecule has 0 unspecified atom stereocenters. The van der Waals surface area contributed by atoms with E-state index in [-0.39, 0.29) is 11.7 Å². The number of carbonyl (C=O) groups excluding carboxylic acids is 1. The van der Waals surface area contributed by atoms with Crippen LogP contribution < -0.4 is 10.1 Å². The fraction of sp³-hybridized carbons (Fsp3) is 0.438. The number of nitrogens with one attached hydrogen (secondary N) is 1. The van der Waals surface area contributed by atoms with E-state index < -0.39 is 6.61 Å². The van der Waals surface area contributed by atoms with E-state index in [4.69, 9.17) is 0 Å². The normalized spacial score (nSPS) is 14.6. The number of aryl methyl sites for hydroxylation is 1. The third-order valence-electron chi connectivity index (χ3n) is 3.49. The molecule has 0 atom stereocenters. The third-order valence-corrected chi connectivity index (χ3v) is 3.49. The third kappa shape index (κ3) is 5.21. The molecule has 1 aliphatic rings. The molecule has 0 radical (unpaired) electrons. The van der Waals surface area contributed by atoms with Gasteiger partial charge in [0.1, 0.15) is 5.75 Å². The summed E-state index contributed by atoms with van der Waals surface area (Å²) < 4.78 is 29.0. The molecule has 2 rings (SSSR count). The standard InChI is InChI=1S/C16H21F2N3O2/c1-12-10-14(4-5-15(12)23-16(17)18)11-21-8-3-7-20(21)9-6-19-13(2)22/h3-5,7,10,16H,6,8-9,11H2,1-2H3,(H,19,22). The number of nitrogens with zero attached hydrogens (tertiary/aromatic N) is 2. The Morgan fingerprint density at radius 3 is 2.87 bits per heavy atom. The Labute approximate surface area is 134 Å². The second-order valence-electron chi connectivity index (χ2n) is 5.36. The van der Waals surface area contributed by atoms with Gasteiger partial charge in [-0.25, -0.2) is 5.01 Å². The second-order valence-corrected chi connectivity index (χ2v) is 5.36. The molecule has 0 saturated heterocycles. The van der Waals surface area contributed by atoms with Crippen LogP contribution in [0.25, 0.3) is 0 Å². The Bertz CT molecular complexity index is 578. The van der Waals surface area contributed by atoms with Crippen molar-refractivity contribution in [2.45, 2.75) is 27.0 Å². The summed E-state index contributed by atoms with van der Waals surface area (Å²) >= 11 is 0. The van der Waals surface area contributed by atoms with Crippen molar-refractivity contribution in [2.24, 2.45) is 0 Å². The van der Waals surface area contributed by atoms with Gasteiger partial charge in [0.05, 0.1) is 6.54 Å². The Hall–Kier alpha value is -2.15. The molecule has 1 N–H and O–H groups in total. The number of ether oxygens (including phenoxy) is 1. The van der Waals surface area contributed by atoms with Crippen LogP contribution in [0.1, 0.15) is 18.1 Å². The zero-order chi connectivity index (χ0) is 16.8. The van der Waals surface area contributed by atoms with E-state index in [0.29, 0.717) is 25.2 Å². The number of alkyl halides is 2. The molecular formula is C16H21F2N3O2. The SMILES string of the molecule is CC(=O)NCCN1C=CCN1Cc1ccc(OC(F)F)c(C)c1. The van der Waals surface area contributed by atoms with Gasteiger partial charge in [-0.1, -0.05) is 18.2 Å². The van der Waals surface area contributed by atoms with E-state index in [9.17, 15) is 13.6 Å². The van der Waals surface area contributed by atoms with Gasteiger partial charge in [0.15, 0.2) is 0 Å². The molecule has 0 bridgehead atoms. The summed E-state index contributed by atoms with van der Waals surface area (Å²) in [7, 11) is 0. The summed E-state index contributed by atoms with van der Waals surface area (Å²) in [4.78, 5) is 10.9. The lowest BCUT2D eigenvalue weighted by molar-refractivity contribution is -0.119. The number of hydrazine groups is 1. The van der Waals surface area contributed by atoms with Crippen molar-refractivity contribution in [3.8, 4) is 5.75 Å². The molecule has 7 heteroatoms. The molecule has 23 heavy (non-hydrogen) atoms. The van der Waals surface area contributed by atoms with Crippen molar-refractivity contribution in [3.63, 3.8) is 0 Å². The number of carbonyl (C=O) groups is 1. The molecule has 1 amide bonds. The average Bonchev–Trinajstić information content (AvgIpc) is 2.88. The minimum atomic E-state index is -2.81. The number of amides is 1. The zero-order valence-electron chi connectivity index (χ0n) is 13.3. The van der Waals surface area contributed by atoms with Crippen LogP contribution in [0, 0.1) is 6.92 Å². The summed E-state index contributed by atoms with van der Waals surface area (Å²) in [6.45, 7) is 3.10. The molecule has 126 valence electrons. The Morgan fingerprint density at radius 1 is 1.43 bits per heavy atom. The van der Waals surface area contributed by atoms with Gasteiger partial charge in [0.25, 0.3) is 0 Å². The van der Waals surface area contributed by atoms with Crippen LogP contribution in [0.15, 0.2) is 30.5 Å². The predicted molar refractivity (Wildman–Crippen MR) is 82.8 cm³/mol. The molecule has 1 aromatic carbocycles. The van der Waals surface area contributed by atoms with E-state index in [2.05, 4.69) is 15.1 Å². The highest BCUT2D eigenvalue weighted by molar-refractivity contribution is 5.72. The van der Waals surface area contributed by atoms with Crippen LogP contribution >= 0.6 is 0 Å². The summed E-state index contributed by atoms with van der Waals surface area (Å²) in [5, 5.41) is 6.91. The van der Waals surface area contributed by atoms with Crippen molar-refractivity contribution >= 4 is 5.91 Å². The first-order chi connectivity index (χ1) is 11.0. The molecule has 0 aromatic heterocycles. The fourth-order valence-electron chi connectivity index (χ4n) is 2.46. The Morgan fingerprint density at radius 2 is 2.22 bits per heavy atom. The highest BCUT2D eigenvalue weighted by Crippen LogP contribution is 2.22. The zero-order valence-corrected chi connectivity index (χ0v) is 13.3. The lowest BCUT2D eigenvalue weighted by atomic mass is 10.1. The van der Waals surface area contributed by atoms with Gasteiger partial charge in [0.2, 0.25) is 5.91 Å². The molecular weight excluding hydrogens is 304 g/mol. The Balaban J connectivity index is 1.93. The highest BCUT2D eigenvalue weighted by Gasteiger charge is 2.17. The molecule has 1 aliphatic heterocycles. The van der Waals surface area contributed by atoms with Gasteiger partial charge in [-0.05, 0) is 24.1 Å². The number of halogens is 2. The van der Waals surface area contributed by atoms with E-state index >= 15 is 0 Å². The molecule has 0 spiro atoms. The minimum absolute atomic E-state index is 0.0510. The quantitative estimate of drug-likeness (QED) is 0.835. The largest absolute Gasteiger partial charge is 0.435 e. The van der Waals surface area contributed by atoms with E-state index in [1.807, 2.05) is 23.4 Å². The summed E-state index contributed by atoms with van der Waals surface area (Å²) in [5.41, 5.74) is 1.69. The lowest BCUT2D eigenvalue weighted by Crippen LogP contribution is -2.39. The first kappa shape index (κ1) is 17.2. The van der Waals surface area contributed by atoms with E-state index in [0.717, 1.165) is 12.1 Å². The molecule has 1 heterocycles. The summed E-state index contributed by atoms with van der Waals surface area (Å²) in [6.07, 6.45) is 4.01. The number of rotatable bonds is 7. The Kier molecular flexibility index (Phi) is 5.92. The summed E-state index contributed by atoms with van der Waals surface area (Å²) in [6, 6.07) is 5.21. The molecule has 1 aromatic rings. The topological polar surface area (TPSA) is 44.8 Å². The maximum atomic E-state index is 12.3. The van der Waals surface area contributed by atoms with Crippen molar-refractivity contribution in [1.29, 1.82) is 0 Å². The number of hydrogen-bond donors (Lipinski definition) is 1. The minimum Gasteiger partial charge on any atom is -0.435 e. The smallest absolute Gasteiger partial charge is 0.387 e. The highest BCUT2D eigenvalue weighted by atomic mass is 19.3. The van der Waals surface area contributed by atoms with Gasteiger partial charge in [-0.2, -0.15) is 8.78 Å². The van der Waals surface area contributed by atoms with Gasteiger partial charge in [-0.15, -0.1) is 0 Å². The molecule has 5 nitrogen and oxygen atoms in total. The van der Waals surface area contributed by atoms with Crippen LogP contribution in [0.2, 0.25) is 0 Å². The predicted octanol–water partition coefficient (Wildman–Crippen LogP) is 2.28. The van der Waals surface area contributed by atoms with Crippen LogP contribution in [-0.4, -0.2) is 42.2 Å². The molecule has 0 saturated carbocycles. The number of benzene rings is 1. The van der Waals surface area contributed by atoms with Crippen LogP contribution in [-0.2, 0) is 11.3 Å². The maximum Gasteiger partial charge on any atom is 0.387 e. The first-order valence-electron chi connectivity index (χ1n) is 7.42. The molecule has 0 fully saturated rings. The van der Waals surface area contributed by atoms with Crippen LogP contribution in [0.5, 0.6) is 5.75 Å². The summed E-state index contributed by atoms with van der Waals surface area (Å²) in [5.74, 6) is 0.149. The maximum absolute atomic E-state index is 12.3. The van der Waals surface area contributed by atoms with Crippen molar-refractivity contribution in [3.05, 3.63) is 41.6 Å². The monoisotopic (exact) mass is 325 g/mol. The van der Waals surface area contributed by atoms with Gasteiger partial charge >= 0.3 is 6.61 Å². The van der Waals surface area contributed by atoms with Gasteiger partial charge < -0.3 is 15.1 Å². The van der Waals surface area contributed by atoms with E-state index in [1.165, 1.54) is 6.92 Å². The first-order valence-corrected chi connectivity index (χ1v) is 7.42. The van der Waals surface area contributed by atoms with Gasteiger partial charge in [0, 0.05) is 32.8 Å². The van der Waals surface area contributed by atoms with Crippen molar-refractivity contribution < 1.29 is 18.3 Å². The molecule has 0 aliphatic carbocycles. The average molecular weight is 325 g/mol. The van der Waals surface area contributed by atoms with Crippen molar-refractivity contribution in [1.82, 2.24) is 15.3 Å². The van der Waals surface area contributed by atoms with E-state index in [1.54, 1.807) is 19.1 Å². The fourth-order valence-corrected chi connectivity index (χ4v) is 2.46. The van der Waals surface area contributed by atoms with Crippen molar-refractivity contribution in [2.75, 3.05) is 19.6 Å². The van der Waals surface area contributed by atoms with Crippen LogP contribution in [0.4, 0.5) is 8.78 Å². The number of hydrogen-bond acceptors (Lipinski definition) is 4. The second kappa shape index (κ2) is 7.92. The van der Waals surface area contributed by atoms with Gasteiger partial charge in [-0.3, -0.25) is 4.79 Å². The van der Waals surface area contributed by atoms with Crippen LogP contribution in [0.3, 0.4) is 0 Å².